The Morgan fingerprint density at radius 3 is 2.49 bits per heavy atom. The maximum atomic E-state index is 13.0. The van der Waals surface area contributed by atoms with E-state index in [1.165, 1.54) is 18.5 Å². The Labute approximate surface area is 235 Å². The molecule has 0 unspecified atom stereocenters. The summed E-state index contributed by atoms with van der Waals surface area (Å²) in [4.78, 5) is 36.6. The average Bonchev–Trinajstić information content (AvgIpc) is 3.32. The molecule has 3 heterocycles. The molecule has 5 aromatic rings. The molecule has 41 heavy (non-hydrogen) atoms. The summed E-state index contributed by atoms with van der Waals surface area (Å²) < 4.78 is 40.6. The van der Waals surface area contributed by atoms with Crippen molar-refractivity contribution >= 4 is 51.8 Å². The molecule has 0 atom stereocenters. The number of carbonyl (C=O) groups excluding carboxylic acids is 2. The van der Waals surface area contributed by atoms with Gasteiger partial charge in [0.2, 0.25) is 5.91 Å². The van der Waals surface area contributed by atoms with E-state index >= 15 is 0 Å². The lowest BCUT2D eigenvalue weighted by Crippen LogP contribution is -2.14. The van der Waals surface area contributed by atoms with Gasteiger partial charge in [0.15, 0.2) is 5.65 Å². The van der Waals surface area contributed by atoms with E-state index in [9.17, 15) is 22.8 Å². The highest BCUT2D eigenvalue weighted by atomic mass is 35.5. The second kappa shape index (κ2) is 11.2. The average molecular weight is 581 g/mol. The third-order valence-corrected chi connectivity index (χ3v) is 6.22. The number of fused-ring (bicyclic) bond motifs is 1. The van der Waals surface area contributed by atoms with E-state index in [-0.39, 0.29) is 29.0 Å². The normalized spacial score (nSPS) is 11.4. The molecule has 3 aromatic heterocycles. The second-order valence-electron chi connectivity index (χ2n) is 8.80. The molecule has 0 fully saturated rings. The predicted molar refractivity (Wildman–Crippen MR) is 147 cm³/mol. The Morgan fingerprint density at radius 2 is 1.76 bits per heavy atom. The molecule has 2 aromatic carbocycles. The first-order valence-corrected chi connectivity index (χ1v) is 12.5. The minimum absolute atomic E-state index is 0.170. The van der Waals surface area contributed by atoms with Crippen LogP contribution in [0.3, 0.4) is 0 Å². The van der Waals surface area contributed by atoms with E-state index in [1.807, 2.05) is 6.07 Å². The van der Waals surface area contributed by atoms with Crippen molar-refractivity contribution in [2.75, 3.05) is 22.2 Å². The molecule has 10 nitrogen and oxygen atoms in total. The maximum Gasteiger partial charge on any atom is 0.416 e. The molecule has 0 saturated carbocycles. The van der Waals surface area contributed by atoms with Gasteiger partial charge in [-0.3, -0.25) is 9.59 Å². The van der Waals surface area contributed by atoms with Gasteiger partial charge >= 0.3 is 6.18 Å². The van der Waals surface area contributed by atoms with E-state index < -0.39 is 17.6 Å². The first-order chi connectivity index (χ1) is 19.6. The molecule has 0 spiro atoms. The highest BCUT2D eigenvalue weighted by molar-refractivity contribution is 6.29. The number of halogens is 4. The SMILES string of the molecule is Nc1ncnc2c1c(-c1ccc(C(=O)Nc3cc(C(F)(F)F)ccn3)cc1)nn2Cc1cccc(NC(=O)CCl)c1. The van der Waals surface area contributed by atoms with Crippen LogP contribution in [-0.2, 0) is 17.5 Å². The van der Waals surface area contributed by atoms with Crippen molar-refractivity contribution in [3.63, 3.8) is 0 Å². The molecule has 2 amide bonds. The minimum atomic E-state index is -4.56. The molecule has 0 radical (unpaired) electrons. The number of pyridine rings is 1. The number of alkyl halides is 4. The van der Waals surface area contributed by atoms with Crippen LogP contribution < -0.4 is 16.4 Å². The summed E-state index contributed by atoms with van der Waals surface area (Å²) >= 11 is 5.58. The molecule has 0 aliphatic carbocycles. The van der Waals surface area contributed by atoms with Gasteiger partial charge in [-0.2, -0.15) is 18.3 Å². The van der Waals surface area contributed by atoms with Gasteiger partial charge in [-0.05, 0) is 42.0 Å². The molecule has 0 aliphatic rings. The van der Waals surface area contributed by atoms with Crippen LogP contribution in [0.2, 0.25) is 0 Å². The van der Waals surface area contributed by atoms with Crippen molar-refractivity contribution < 1.29 is 22.8 Å². The number of aromatic nitrogens is 5. The fourth-order valence-electron chi connectivity index (χ4n) is 4.10. The van der Waals surface area contributed by atoms with Gasteiger partial charge in [0, 0.05) is 23.0 Å². The molecular formula is C27H20ClF3N8O2. The van der Waals surface area contributed by atoms with Crippen LogP contribution in [0.1, 0.15) is 21.5 Å². The van der Waals surface area contributed by atoms with Gasteiger partial charge < -0.3 is 16.4 Å². The van der Waals surface area contributed by atoms with Crippen LogP contribution >= 0.6 is 11.6 Å². The number of hydrogen-bond acceptors (Lipinski definition) is 7. The molecule has 0 bridgehead atoms. The lowest BCUT2D eigenvalue weighted by Gasteiger charge is -2.09. The van der Waals surface area contributed by atoms with Gasteiger partial charge in [0.1, 0.15) is 29.5 Å². The Bertz CT molecular complexity index is 1760. The number of carbonyl (C=O) groups is 2. The molecule has 14 heteroatoms. The van der Waals surface area contributed by atoms with Crippen molar-refractivity contribution in [3.8, 4) is 11.3 Å². The van der Waals surface area contributed by atoms with Crippen LogP contribution in [0, 0.1) is 0 Å². The van der Waals surface area contributed by atoms with E-state index in [4.69, 9.17) is 22.4 Å². The first kappa shape index (κ1) is 27.5. The van der Waals surface area contributed by atoms with Gasteiger partial charge in [-0.25, -0.2) is 19.6 Å². The van der Waals surface area contributed by atoms with Crippen molar-refractivity contribution in [2.45, 2.75) is 12.7 Å². The van der Waals surface area contributed by atoms with Crippen molar-refractivity contribution in [3.05, 3.63) is 89.9 Å². The number of benzene rings is 2. The van der Waals surface area contributed by atoms with Crippen molar-refractivity contribution in [1.82, 2.24) is 24.7 Å². The molecule has 0 aliphatic heterocycles. The molecule has 208 valence electrons. The van der Waals surface area contributed by atoms with Gasteiger partial charge in [0.05, 0.1) is 17.5 Å². The molecular weight excluding hydrogens is 561 g/mol. The summed E-state index contributed by atoms with van der Waals surface area (Å²) in [5.74, 6) is -1.16. The molecule has 5 rings (SSSR count). The quantitative estimate of drug-likeness (QED) is 0.231. The zero-order valence-electron chi connectivity index (χ0n) is 21.0. The van der Waals surface area contributed by atoms with Gasteiger partial charge in [0.25, 0.3) is 5.91 Å². The van der Waals surface area contributed by atoms with Gasteiger partial charge in [-0.15, -0.1) is 11.6 Å². The number of anilines is 3. The number of nitrogens with one attached hydrogen (secondary N) is 2. The highest BCUT2D eigenvalue weighted by Gasteiger charge is 2.31. The standard InChI is InChI=1S/C27H20ClF3N8O2/c28-12-21(40)36-19-3-1-2-15(10-19)13-39-25-22(24(32)34-14-35-25)23(38-39)16-4-6-17(7-5-16)26(41)37-20-11-18(8-9-33-20)27(29,30)31/h1-11,14H,12-13H2,(H,36,40)(H2,32,34,35)(H,33,37,41). The van der Waals surface area contributed by atoms with Gasteiger partial charge in [-0.1, -0.05) is 24.3 Å². The van der Waals surface area contributed by atoms with Crippen molar-refractivity contribution in [2.24, 2.45) is 0 Å². The Balaban J connectivity index is 1.41. The monoisotopic (exact) mass is 580 g/mol. The summed E-state index contributed by atoms with van der Waals surface area (Å²) in [6, 6.07) is 15.0. The summed E-state index contributed by atoms with van der Waals surface area (Å²) in [6.45, 7) is 0.294. The number of nitrogens with zero attached hydrogens (tertiary/aromatic N) is 5. The number of nitrogen functional groups attached to an aromatic ring is 1. The van der Waals surface area contributed by atoms with Crippen LogP contribution in [0.15, 0.2) is 73.2 Å². The summed E-state index contributed by atoms with van der Waals surface area (Å²) in [5, 5.41) is 10.3. The van der Waals surface area contributed by atoms with Crippen molar-refractivity contribution in [1.29, 1.82) is 0 Å². The zero-order valence-corrected chi connectivity index (χ0v) is 21.7. The first-order valence-electron chi connectivity index (χ1n) is 12.0. The number of hydrogen-bond donors (Lipinski definition) is 3. The van der Waals surface area contributed by atoms with E-state index in [2.05, 4.69) is 25.6 Å². The number of amides is 2. The van der Waals surface area contributed by atoms with E-state index in [0.29, 0.717) is 34.5 Å². The minimum Gasteiger partial charge on any atom is -0.383 e. The zero-order chi connectivity index (χ0) is 29.1. The Kier molecular flexibility index (Phi) is 7.53. The topological polar surface area (TPSA) is 141 Å². The van der Waals surface area contributed by atoms with Crippen LogP contribution in [0.4, 0.5) is 30.5 Å². The third-order valence-electron chi connectivity index (χ3n) is 5.97. The number of rotatable bonds is 7. The summed E-state index contributed by atoms with van der Waals surface area (Å²) in [6.07, 6.45) is -2.27. The molecule has 4 N–H and O–H groups in total. The fraction of sp³-hybridized carbons (Fsp3) is 0.111. The summed E-state index contributed by atoms with van der Waals surface area (Å²) in [5.41, 5.74) is 8.40. The fourth-order valence-corrected chi connectivity index (χ4v) is 4.17. The smallest absolute Gasteiger partial charge is 0.383 e. The van der Waals surface area contributed by atoms with Crippen LogP contribution in [0.25, 0.3) is 22.3 Å². The lowest BCUT2D eigenvalue weighted by atomic mass is 10.1. The van der Waals surface area contributed by atoms with Crippen LogP contribution in [0.5, 0.6) is 0 Å². The lowest BCUT2D eigenvalue weighted by molar-refractivity contribution is -0.137. The van der Waals surface area contributed by atoms with Crippen LogP contribution in [-0.4, -0.2) is 42.4 Å². The predicted octanol–water partition coefficient (Wildman–Crippen LogP) is 4.97. The Morgan fingerprint density at radius 1 is 0.976 bits per heavy atom. The maximum absolute atomic E-state index is 13.0. The highest BCUT2D eigenvalue weighted by Crippen LogP contribution is 2.32. The van der Waals surface area contributed by atoms with E-state index in [1.54, 1.807) is 35.0 Å². The largest absolute Gasteiger partial charge is 0.416 e. The third kappa shape index (κ3) is 6.09. The Hall–Kier alpha value is -5.04. The number of nitrogens with two attached hydrogens (primary N) is 1. The second-order valence-corrected chi connectivity index (χ2v) is 9.07. The molecule has 0 saturated heterocycles. The summed E-state index contributed by atoms with van der Waals surface area (Å²) in [7, 11) is 0. The van der Waals surface area contributed by atoms with E-state index in [0.717, 1.165) is 23.9 Å².